The fourth-order valence-corrected chi connectivity index (χ4v) is 2.51. The third-order valence-corrected chi connectivity index (χ3v) is 3.45. The van der Waals surface area contributed by atoms with Gasteiger partial charge in [0.05, 0.1) is 0 Å². The molecule has 1 aromatic carbocycles. The Labute approximate surface area is 116 Å². The third kappa shape index (κ3) is 4.50. The fraction of sp³-hybridized carbons (Fsp3) is 0.625. The lowest BCUT2D eigenvalue weighted by atomic mass is 10.0. The maximum absolute atomic E-state index is 13.7. The molecule has 19 heavy (non-hydrogen) atoms. The van der Waals surface area contributed by atoms with Crippen LogP contribution in [0.1, 0.15) is 46.1 Å². The molecule has 0 bridgehead atoms. The average Bonchev–Trinajstić information content (AvgIpc) is 2.37. The van der Waals surface area contributed by atoms with Crippen LogP contribution in [0.25, 0.3) is 0 Å². The van der Waals surface area contributed by atoms with Crippen molar-refractivity contribution in [3.63, 3.8) is 0 Å². The Balaban J connectivity index is 3.11. The number of nitrogens with two attached hydrogens (primary N) is 1. The van der Waals surface area contributed by atoms with E-state index >= 15 is 0 Å². The minimum absolute atomic E-state index is 0.197. The zero-order valence-electron chi connectivity index (χ0n) is 12.6. The van der Waals surface area contributed by atoms with Crippen LogP contribution in [0, 0.1) is 11.7 Å². The van der Waals surface area contributed by atoms with Crippen LogP contribution in [0.2, 0.25) is 0 Å². The summed E-state index contributed by atoms with van der Waals surface area (Å²) >= 11 is 0. The lowest BCUT2D eigenvalue weighted by Gasteiger charge is -2.34. The highest BCUT2D eigenvalue weighted by Crippen LogP contribution is 2.24. The summed E-state index contributed by atoms with van der Waals surface area (Å²) in [7, 11) is 0. The molecule has 2 nitrogen and oxygen atoms in total. The molecule has 0 aliphatic heterocycles. The molecule has 0 radical (unpaired) electrons. The molecule has 1 aromatic rings. The summed E-state index contributed by atoms with van der Waals surface area (Å²) in [6.07, 6.45) is 2.13. The molecule has 0 amide bonds. The molecule has 0 unspecified atom stereocenters. The zero-order valence-corrected chi connectivity index (χ0v) is 12.6. The number of hydrogen-bond acceptors (Lipinski definition) is 2. The molecular weight excluding hydrogens is 239 g/mol. The van der Waals surface area contributed by atoms with Gasteiger partial charge in [-0.25, -0.2) is 4.39 Å². The van der Waals surface area contributed by atoms with Gasteiger partial charge in [-0.15, -0.1) is 0 Å². The maximum Gasteiger partial charge on any atom is 0.125 e. The molecule has 0 heterocycles. The summed E-state index contributed by atoms with van der Waals surface area (Å²) in [6.45, 7) is 10.1. The van der Waals surface area contributed by atoms with E-state index in [0.717, 1.165) is 30.6 Å². The SMILES string of the molecule is CCC(CC)N(CC(C)C)c1cc(F)cc(CN)c1. The van der Waals surface area contributed by atoms with E-state index in [9.17, 15) is 4.39 Å². The Kier molecular flexibility index (Phi) is 6.29. The lowest BCUT2D eigenvalue weighted by molar-refractivity contribution is 0.506. The van der Waals surface area contributed by atoms with Gasteiger partial charge in [-0.3, -0.25) is 0 Å². The number of anilines is 1. The zero-order chi connectivity index (χ0) is 14.4. The topological polar surface area (TPSA) is 29.3 Å². The number of hydrogen-bond donors (Lipinski definition) is 1. The van der Waals surface area contributed by atoms with Crippen molar-refractivity contribution in [2.24, 2.45) is 11.7 Å². The van der Waals surface area contributed by atoms with Crippen molar-refractivity contribution in [2.45, 2.75) is 53.1 Å². The van der Waals surface area contributed by atoms with Crippen LogP contribution in [0.3, 0.4) is 0 Å². The highest BCUT2D eigenvalue weighted by molar-refractivity contribution is 5.50. The molecule has 0 fully saturated rings. The van der Waals surface area contributed by atoms with Crippen molar-refractivity contribution >= 4 is 5.69 Å². The first-order valence-electron chi connectivity index (χ1n) is 7.27. The van der Waals surface area contributed by atoms with Crippen LogP contribution in [0.4, 0.5) is 10.1 Å². The fourth-order valence-electron chi connectivity index (χ4n) is 2.51. The first kappa shape index (κ1) is 16.0. The van der Waals surface area contributed by atoms with E-state index < -0.39 is 0 Å². The molecule has 0 aromatic heterocycles. The molecule has 0 aliphatic carbocycles. The molecule has 0 spiro atoms. The lowest BCUT2D eigenvalue weighted by Crippen LogP contribution is -2.37. The summed E-state index contributed by atoms with van der Waals surface area (Å²) in [5.41, 5.74) is 7.46. The van der Waals surface area contributed by atoms with E-state index in [1.807, 2.05) is 6.07 Å². The monoisotopic (exact) mass is 266 g/mol. The third-order valence-electron chi connectivity index (χ3n) is 3.45. The van der Waals surface area contributed by atoms with Crippen molar-refractivity contribution in [3.05, 3.63) is 29.6 Å². The second-order valence-electron chi connectivity index (χ2n) is 5.54. The summed E-state index contributed by atoms with van der Waals surface area (Å²) in [5.74, 6) is 0.350. The molecule has 0 saturated carbocycles. The van der Waals surface area contributed by atoms with E-state index in [1.54, 1.807) is 6.07 Å². The van der Waals surface area contributed by atoms with Gasteiger partial charge in [-0.05, 0) is 42.5 Å². The first-order chi connectivity index (χ1) is 9.01. The normalized spacial score (nSPS) is 11.4. The van der Waals surface area contributed by atoms with Crippen LogP contribution in [0.5, 0.6) is 0 Å². The second kappa shape index (κ2) is 7.49. The highest BCUT2D eigenvalue weighted by Gasteiger charge is 2.18. The predicted octanol–water partition coefficient (Wildman–Crippen LogP) is 3.94. The summed E-state index contributed by atoms with van der Waals surface area (Å²) in [6, 6.07) is 5.61. The van der Waals surface area contributed by atoms with Crippen LogP contribution < -0.4 is 10.6 Å². The maximum atomic E-state index is 13.7. The summed E-state index contributed by atoms with van der Waals surface area (Å²) in [5, 5.41) is 0. The van der Waals surface area contributed by atoms with Crippen molar-refractivity contribution in [3.8, 4) is 0 Å². The molecule has 0 atom stereocenters. The Hall–Kier alpha value is -1.09. The molecule has 108 valence electrons. The number of halogens is 1. The standard InChI is InChI=1S/C16H27FN2/c1-5-15(6-2)19(11-12(3)4)16-8-13(10-18)7-14(17)9-16/h7-9,12,15H,5-6,10-11,18H2,1-4H3. The Morgan fingerprint density at radius 1 is 1.16 bits per heavy atom. The van der Waals surface area contributed by atoms with Crippen LogP contribution in [0.15, 0.2) is 18.2 Å². The van der Waals surface area contributed by atoms with Gasteiger partial charge in [0, 0.05) is 24.8 Å². The van der Waals surface area contributed by atoms with Gasteiger partial charge in [0.1, 0.15) is 5.82 Å². The van der Waals surface area contributed by atoms with E-state index in [1.165, 1.54) is 6.07 Å². The molecule has 3 heteroatoms. The minimum Gasteiger partial charge on any atom is -0.368 e. The Morgan fingerprint density at radius 3 is 2.26 bits per heavy atom. The Bertz CT molecular complexity index is 386. The number of nitrogens with zero attached hydrogens (tertiary/aromatic N) is 1. The molecule has 2 N–H and O–H groups in total. The van der Waals surface area contributed by atoms with E-state index in [0.29, 0.717) is 18.5 Å². The van der Waals surface area contributed by atoms with Crippen molar-refractivity contribution in [1.29, 1.82) is 0 Å². The van der Waals surface area contributed by atoms with Crippen molar-refractivity contribution < 1.29 is 4.39 Å². The van der Waals surface area contributed by atoms with Gasteiger partial charge in [0.2, 0.25) is 0 Å². The quantitative estimate of drug-likeness (QED) is 0.810. The van der Waals surface area contributed by atoms with Crippen LogP contribution in [-0.4, -0.2) is 12.6 Å². The van der Waals surface area contributed by atoms with E-state index in [2.05, 4.69) is 32.6 Å². The largest absolute Gasteiger partial charge is 0.368 e. The molecule has 1 rings (SSSR count). The predicted molar refractivity (Wildman–Crippen MR) is 80.8 cm³/mol. The van der Waals surface area contributed by atoms with Gasteiger partial charge in [0.25, 0.3) is 0 Å². The van der Waals surface area contributed by atoms with Gasteiger partial charge in [-0.2, -0.15) is 0 Å². The second-order valence-corrected chi connectivity index (χ2v) is 5.54. The summed E-state index contributed by atoms with van der Waals surface area (Å²) < 4.78 is 13.7. The number of benzene rings is 1. The molecule has 0 aliphatic rings. The van der Waals surface area contributed by atoms with Crippen LogP contribution >= 0.6 is 0 Å². The van der Waals surface area contributed by atoms with Gasteiger partial charge >= 0.3 is 0 Å². The average molecular weight is 266 g/mol. The summed E-state index contributed by atoms with van der Waals surface area (Å²) in [4.78, 5) is 2.33. The van der Waals surface area contributed by atoms with Crippen molar-refractivity contribution in [2.75, 3.05) is 11.4 Å². The minimum atomic E-state index is -0.197. The van der Waals surface area contributed by atoms with Crippen molar-refractivity contribution in [1.82, 2.24) is 0 Å². The van der Waals surface area contributed by atoms with Gasteiger partial charge in [0.15, 0.2) is 0 Å². The van der Waals surface area contributed by atoms with Gasteiger partial charge in [-0.1, -0.05) is 27.7 Å². The van der Waals surface area contributed by atoms with Crippen LogP contribution in [-0.2, 0) is 6.54 Å². The smallest absolute Gasteiger partial charge is 0.125 e. The Morgan fingerprint density at radius 2 is 1.79 bits per heavy atom. The molecule has 0 saturated heterocycles. The highest BCUT2D eigenvalue weighted by atomic mass is 19.1. The number of rotatable bonds is 7. The van der Waals surface area contributed by atoms with E-state index in [4.69, 9.17) is 5.73 Å². The first-order valence-corrected chi connectivity index (χ1v) is 7.27. The molecular formula is C16H27FN2. The van der Waals surface area contributed by atoms with Gasteiger partial charge < -0.3 is 10.6 Å². The van der Waals surface area contributed by atoms with E-state index in [-0.39, 0.29) is 5.82 Å².